The van der Waals surface area contributed by atoms with E-state index in [0.29, 0.717) is 25.9 Å². The minimum absolute atomic E-state index is 0.0324. The summed E-state index contributed by atoms with van der Waals surface area (Å²) in [5.74, 6) is -2.49. The molecule has 7 aliphatic rings. The van der Waals surface area contributed by atoms with Gasteiger partial charge in [0, 0.05) is 85.9 Å². The lowest BCUT2D eigenvalue weighted by Gasteiger charge is -2.70. The van der Waals surface area contributed by atoms with Gasteiger partial charge in [0.25, 0.3) is 0 Å². The minimum atomic E-state index is -1.70. The first-order valence-electron chi connectivity index (χ1n) is 18.0. The van der Waals surface area contributed by atoms with Crippen molar-refractivity contribution in [1.82, 2.24) is 4.90 Å². The van der Waals surface area contributed by atoms with Crippen LogP contribution in [0.1, 0.15) is 56.3 Å². The SMILES string of the molecule is CCN1C[C@]2(COC(=O)c3cc([125I])ccc3N3C(=O)C[C@H](C)C3=O)CC[C@H](OC)C34C5C[C@@H]6[C@@H](OC)C[C@@](O)(C5[C@H]6OC)[C@@](O)(C13)[C@@H](OC)[C@@H]42. The summed E-state index contributed by atoms with van der Waals surface area (Å²) in [5.41, 5.74) is -4.18. The molecule has 0 aromatic heterocycles. The van der Waals surface area contributed by atoms with Crippen LogP contribution in [0.5, 0.6) is 0 Å². The number of benzene rings is 1. The van der Waals surface area contributed by atoms with Gasteiger partial charge in [0.05, 0.1) is 48.3 Å². The van der Waals surface area contributed by atoms with E-state index in [1.54, 1.807) is 53.6 Å². The van der Waals surface area contributed by atoms with Crippen LogP contribution in [0, 0.1) is 44.0 Å². The van der Waals surface area contributed by atoms with E-state index in [1.165, 1.54) is 0 Å². The van der Waals surface area contributed by atoms with Gasteiger partial charge >= 0.3 is 5.97 Å². The average molecular weight is 807 g/mol. The number of amides is 2. The highest BCUT2D eigenvalue weighted by molar-refractivity contribution is 14.1. The Balaban J connectivity index is 1.24. The van der Waals surface area contributed by atoms with Gasteiger partial charge < -0.3 is 33.9 Å². The molecule has 50 heavy (non-hydrogen) atoms. The molecular weight excluding hydrogens is 757 g/mol. The first-order valence-corrected chi connectivity index (χ1v) is 19.1. The summed E-state index contributed by atoms with van der Waals surface area (Å²) in [5, 5.41) is 26.6. The lowest BCUT2D eigenvalue weighted by atomic mass is 9.42. The normalized spacial score (nSPS) is 47.3. The molecule has 12 nitrogen and oxygen atoms in total. The monoisotopic (exact) mass is 806 g/mol. The zero-order valence-corrected chi connectivity index (χ0v) is 31.8. The number of likely N-dealkylation sites (tertiary alicyclic amines) is 1. The van der Waals surface area contributed by atoms with Crippen molar-refractivity contribution in [1.29, 1.82) is 0 Å². The van der Waals surface area contributed by atoms with Crippen molar-refractivity contribution in [2.24, 2.45) is 40.4 Å². The number of hydrogen-bond acceptors (Lipinski definition) is 11. The van der Waals surface area contributed by atoms with Crippen molar-refractivity contribution in [3.63, 3.8) is 0 Å². The van der Waals surface area contributed by atoms with Crippen LogP contribution in [0.2, 0.25) is 0 Å². The second-order valence-electron chi connectivity index (χ2n) is 16.1. The maximum absolute atomic E-state index is 14.2. The van der Waals surface area contributed by atoms with Crippen LogP contribution in [0.25, 0.3) is 0 Å². The van der Waals surface area contributed by atoms with Crippen LogP contribution in [-0.2, 0) is 33.3 Å². The molecule has 2 saturated heterocycles. The van der Waals surface area contributed by atoms with E-state index >= 15 is 0 Å². The van der Waals surface area contributed by atoms with Crippen LogP contribution in [0.3, 0.4) is 0 Å². The summed E-state index contributed by atoms with van der Waals surface area (Å²) >= 11 is 2.11. The molecule has 1 aromatic rings. The van der Waals surface area contributed by atoms with Crippen molar-refractivity contribution >= 4 is 46.1 Å². The maximum Gasteiger partial charge on any atom is 0.340 e. The van der Waals surface area contributed by atoms with Crippen molar-refractivity contribution in [2.45, 2.75) is 87.6 Å². The van der Waals surface area contributed by atoms with Crippen molar-refractivity contribution in [3.8, 4) is 0 Å². The quantitative estimate of drug-likeness (QED) is 0.216. The van der Waals surface area contributed by atoms with Crippen molar-refractivity contribution in [3.05, 3.63) is 27.3 Å². The summed E-state index contributed by atoms with van der Waals surface area (Å²) in [7, 11) is 6.71. The maximum atomic E-state index is 14.2. The third kappa shape index (κ3) is 4.09. The smallest absolute Gasteiger partial charge is 0.340 e. The number of halogens is 1. The number of carbonyl (C=O) groups is 3. The molecule has 2 amide bonds. The molecule has 2 heterocycles. The number of methoxy groups -OCH3 is 4. The Morgan fingerprint density at radius 1 is 1.08 bits per heavy atom. The standard InChI is InChI=1S/C37H49IN2O10/c1-7-39-16-34(17-50-32(43)20-13-19(38)8-9-23(20)40-26(41)12-18(2)31(40)42)11-10-25(47-4)36-22-14-21-24(46-3)15-35(44,27(22)28(21)48-5)37(45,33(36)39)30(49-6)29(34)36/h8-9,13,18,21-22,24-25,27-30,33,44-45H,7,10-12,14-17H2,1-6H3/t18-,21+,22?,24-,25-,27?,28-,29+,30-,33?,34-,35+,36?,37-/m0/s1/i38-2. The first-order chi connectivity index (χ1) is 23.8. The molecule has 1 aromatic carbocycles. The second kappa shape index (κ2) is 11.9. The molecule has 13 heteroatoms. The molecule has 0 radical (unpaired) electrons. The first kappa shape index (κ1) is 35.3. The van der Waals surface area contributed by atoms with Crippen LogP contribution in [-0.4, -0.2) is 123 Å². The van der Waals surface area contributed by atoms with Gasteiger partial charge in [0.15, 0.2) is 0 Å². The number of aliphatic hydroxyl groups is 2. The topological polar surface area (TPSA) is 144 Å². The molecule has 274 valence electrons. The van der Waals surface area contributed by atoms with Crippen LogP contribution >= 0.6 is 22.6 Å². The largest absolute Gasteiger partial charge is 0.461 e. The van der Waals surface area contributed by atoms with Crippen LogP contribution in [0.4, 0.5) is 5.69 Å². The summed E-state index contributed by atoms with van der Waals surface area (Å²) in [6.45, 7) is 4.95. The highest BCUT2D eigenvalue weighted by Gasteiger charge is 2.91. The Bertz CT molecular complexity index is 1610. The summed E-state index contributed by atoms with van der Waals surface area (Å²) in [6.07, 6.45) is 0.792. The van der Waals surface area contributed by atoms with Crippen LogP contribution in [0.15, 0.2) is 18.2 Å². The zero-order chi connectivity index (χ0) is 35.7. The lowest BCUT2D eigenvalue weighted by molar-refractivity contribution is -0.320. The third-order valence-electron chi connectivity index (χ3n) is 14.6. The molecule has 8 rings (SSSR count). The number of piperidine rings is 1. The van der Waals surface area contributed by atoms with Gasteiger partial charge in [-0.25, -0.2) is 9.69 Å². The van der Waals surface area contributed by atoms with Gasteiger partial charge in [-0.2, -0.15) is 0 Å². The van der Waals surface area contributed by atoms with E-state index in [0.717, 1.165) is 14.9 Å². The van der Waals surface area contributed by atoms with Gasteiger partial charge in [0.2, 0.25) is 11.8 Å². The Kier molecular flexibility index (Phi) is 8.40. The summed E-state index contributed by atoms with van der Waals surface area (Å²) < 4.78 is 32.2. The third-order valence-corrected chi connectivity index (χ3v) is 15.3. The van der Waals surface area contributed by atoms with E-state index in [1.807, 2.05) is 0 Å². The van der Waals surface area contributed by atoms with E-state index in [-0.39, 0.29) is 84.5 Å². The van der Waals surface area contributed by atoms with E-state index in [2.05, 4.69) is 34.4 Å². The molecule has 2 N–H and O–H groups in total. The molecule has 7 fully saturated rings. The highest BCUT2D eigenvalue weighted by atomic mass is 125. The number of anilines is 1. The molecule has 5 aliphatic carbocycles. The molecule has 5 saturated carbocycles. The van der Waals surface area contributed by atoms with Gasteiger partial charge in [-0.05, 0) is 72.5 Å². The fourth-order valence-electron chi connectivity index (χ4n) is 13.2. The van der Waals surface area contributed by atoms with Gasteiger partial charge in [-0.3, -0.25) is 14.5 Å². The Morgan fingerprint density at radius 3 is 2.46 bits per heavy atom. The number of ether oxygens (including phenoxy) is 5. The summed E-state index contributed by atoms with van der Waals surface area (Å²) in [6, 6.07) is 4.59. The number of hydrogen-bond donors (Lipinski definition) is 2. The van der Waals surface area contributed by atoms with Gasteiger partial charge in [-0.1, -0.05) is 13.8 Å². The van der Waals surface area contributed by atoms with E-state index in [4.69, 9.17) is 23.7 Å². The highest BCUT2D eigenvalue weighted by Crippen LogP contribution is 2.80. The summed E-state index contributed by atoms with van der Waals surface area (Å²) in [4.78, 5) is 43.6. The van der Waals surface area contributed by atoms with Crippen LogP contribution < -0.4 is 4.90 Å². The Hall–Kier alpha value is -1.72. The number of carbonyl (C=O) groups excluding carboxylic acids is 3. The Labute approximate surface area is 306 Å². The minimum Gasteiger partial charge on any atom is -0.461 e. The average Bonchev–Trinajstić information content (AvgIpc) is 3.63. The number of likely N-dealkylation sites (N-methyl/N-ethyl adjacent to an activating group) is 1. The van der Waals surface area contributed by atoms with Crippen molar-refractivity contribution in [2.75, 3.05) is 53.0 Å². The number of rotatable bonds is 9. The fraction of sp³-hybridized carbons (Fsp3) is 0.757. The van der Waals surface area contributed by atoms with E-state index in [9.17, 15) is 24.6 Å². The van der Waals surface area contributed by atoms with Crippen molar-refractivity contribution < 1.29 is 48.3 Å². The molecule has 7 bridgehead atoms. The molecule has 4 unspecified atom stereocenters. The molecule has 2 aliphatic heterocycles. The number of fused-ring (bicyclic) bond motifs is 2. The predicted molar refractivity (Wildman–Crippen MR) is 187 cm³/mol. The number of imide groups is 1. The zero-order valence-electron chi connectivity index (χ0n) is 29.6. The van der Waals surface area contributed by atoms with Gasteiger partial charge in [-0.15, -0.1) is 0 Å². The predicted octanol–water partition coefficient (Wildman–Crippen LogP) is 2.64. The molecule has 1 spiro atoms. The molecule has 14 atom stereocenters. The van der Waals surface area contributed by atoms with E-state index < -0.39 is 46.1 Å². The Morgan fingerprint density at radius 2 is 1.84 bits per heavy atom. The molecular formula is C37H49IN2O10. The number of nitrogens with zero attached hydrogens (tertiary/aromatic N) is 2. The fourth-order valence-corrected chi connectivity index (χ4v) is 13.7. The lowest BCUT2D eigenvalue weighted by Crippen LogP contribution is -2.82. The second-order valence-corrected chi connectivity index (χ2v) is 17.3. The van der Waals surface area contributed by atoms with Gasteiger partial charge in [0.1, 0.15) is 11.2 Å². The number of esters is 1.